The molecule has 3 rings (SSSR count). The molecule has 150 valence electrons. The van der Waals surface area contributed by atoms with Gasteiger partial charge in [0, 0.05) is 26.0 Å². The molecule has 2 heterocycles. The van der Waals surface area contributed by atoms with Crippen LogP contribution in [0.25, 0.3) is 0 Å². The Bertz CT molecular complexity index is 926. The van der Waals surface area contributed by atoms with E-state index in [0.717, 1.165) is 13.0 Å². The molecule has 0 aliphatic heterocycles. The van der Waals surface area contributed by atoms with Crippen molar-refractivity contribution >= 4 is 17.5 Å². The molecule has 0 fully saturated rings. The highest BCUT2D eigenvalue weighted by Crippen LogP contribution is 2.28. The molecule has 1 aromatic carbocycles. The third kappa shape index (κ3) is 4.98. The first-order valence-corrected chi connectivity index (χ1v) is 9.08. The van der Waals surface area contributed by atoms with E-state index in [-0.39, 0.29) is 5.91 Å². The van der Waals surface area contributed by atoms with E-state index in [1.165, 1.54) is 19.8 Å². The van der Waals surface area contributed by atoms with Gasteiger partial charge in [-0.15, -0.1) is 10.2 Å². The van der Waals surface area contributed by atoms with Crippen molar-refractivity contribution in [2.45, 2.75) is 6.42 Å². The molecule has 2 aromatic heterocycles. The molecule has 0 aliphatic carbocycles. The highest BCUT2D eigenvalue weighted by Gasteiger charge is 2.19. The first-order chi connectivity index (χ1) is 14.1. The molecule has 3 aromatic rings. The molecular formula is C21H23N5O3. The lowest BCUT2D eigenvalue weighted by atomic mass is 10.1. The Morgan fingerprint density at radius 1 is 1.00 bits per heavy atom. The lowest BCUT2D eigenvalue weighted by molar-refractivity contribution is 0.102. The van der Waals surface area contributed by atoms with Gasteiger partial charge in [0.1, 0.15) is 17.1 Å². The quantitative estimate of drug-likeness (QED) is 0.629. The Hall–Kier alpha value is -3.68. The average molecular weight is 393 g/mol. The van der Waals surface area contributed by atoms with Crippen LogP contribution in [-0.2, 0) is 6.42 Å². The zero-order valence-electron chi connectivity index (χ0n) is 16.6. The number of anilines is 2. The Morgan fingerprint density at radius 2 is 1.69 bits per heavy atom. The number of pyridine rings is 1. The van der Waals surface area contributed by atoms with Crippen LogP contribution in [0.3, 0.4) is 0 Å². The first kappa shape index (κ1) is 20.1. The van der Waals surface area contributed by atoms with E-state index in [2.05, 4.69) is 20.5 Å². The van der Waals surface area contributed by atoms with Gasteiger partial charge in [-0.1, -0.05) is 6.07 Å². The average Bonchev–Trinajstić information content (AvgIpc) is 2.77. The summed E-state index contributed by atoms with van der Waals surface area (Å²) in [7, 11) is 4.95. The maximum atomic E-state index is 12.7. The predicted octanol–water partition coefficient (Wildman–Crippen LogP) is 2.82. The molecule has 0 atom stereocenters. The molecule has 0 bridgehead atoms. The number of aromatic nitrogens is 3. The molecule has 8 heteroatoms. The number of nitrogens with one attached hydrogen (secondary N) is 1. The van der Waals surface area contributed by atoms with E-state index < -0.39 is 0 Å². The number of carbonyl (C=O) groups excluding carboxylic acids is 1. The van der Waals surface area contributed by atoms with Gasteiger partial charge in [-0.2, -0.15) is 0 Å². The van der Waals surface area contributed by atoms with Gasteiger partial charge in [0.15, 0.2) is 11.6 Å². The van der Waals surface area contributed by atoms with Crippen molar-refractivity contribution in [1.29, 1.82) is 0 Å². The van der Waals surface area contributed by atoms with Gasteiger partial charge in [-0.3, -0.25) is 9.78 Å². The molecule has 0 aliphatic rings. The number of benzene rings is 1. The van der Waals surface area contributed by atoms with Gasteiger partial charge in [0.05, 0.1) is 14.2 Å². The van der Waals surface area contributed by atoms with Crippen LogP contribution in [0.5, 0.6) is 11.5 Å². The minimum absolute atomic E-state index is 0.304. The molecule has 0 saturated heterocycles. The van der Waals surface area contributed by atoms with Gasteiger partial charge in [0.25, 0.3) is 5.91 Å². The summed E-state index contributed by atoms with van der Waals surface area (Å²) in [6.45, 7) is 0.781. The third-order valence-electron chi connectivity index (χ3n) is 4.42. The van der Waals surface area contributed by atoms with Crippen molar-refractivity contribution in [2.24, 2.45) is 0 Å². The molecule has 0 unspecified atom stereocenters. The van der Waals surface area contributed by atoms with Gasteiger partial charge < -0.3 is 19.7 Å². The molecule has 0 spiro atoms. The van der Waals surface area contributed by atoms with Gasteiger partial charge in [-0.05, 0) is 48.4 Å². The van der Waals surface area contributed by atoms with Crippen molar-refractivity contribution in [2.75, 3.05) is 38.0 Å². The van der Waals surface area contributed by atoms with Crippen LogP contribution in [0, 0.1) is 0 Å². The minimum atomic E-state index is -0.382. The summed E-state index contributed by atoms with van der Waals surface area (Å²) >= 11 is 0. The van der Waals surface area contributed by atoms with Crippen LogP contribution in [0.15, 0.2) is 54.9 Å². The van der Waals surface area contributed by atoms with E-state index in [4.69, 9.17) is 9.47 Å². The Morgan fingerprint density at radius 3 is 2.28 bits per heavy atom. The number of methoxy groups -OCH3 is 2. The maximum Gasteiger partial charge on any atom is 0.264 e. The smallest absolute Gasteiger partial charge is 0.264 e. The van der Waals surface area contributed by atoms with E-state index >= 15 is 0 Å². The van der Waals surface area contributed by atoms with Crippen LogP contribution < -0.4 is 19.7 Å². The van der Waals surface area contributed by atoms with E-state index in [1.807, 2.05) is 30.1 Å². The second-order valence-electron chi connectivity index (χ2n) is 6.30. The van der Waals surface area contributed by atoms with Crippen molar-refractivity contribution < 1.29 is 14.3 Å². The number of hydrogen-bond donors (Lipinski definition) is 1. The summed E-state index contributed by atoms with van der Waals surface area (Å²) in [5.74, 6) is 1.51. The van der Waals surface area contributed by atoms with Gasteiger partial charge in [0.2, 0.25) is 0 Å². The van der Waals surface area contributed by atoms with Crippen LogP contribution in [0.2, 0.25) is 0 Å². The minimum Gasteiger partial charge on any atom is -0.496 e. The number of rotatable bonds is 8. The number of carbonyl (C=O) groups is 1. The molecule has 0 saturated carbocycles. The Kier molecular flexibility index (Phi) is 6.57. The van der Waals surface area contributed by atoms with Crippen molar-refractivity contribution in [3.63, 3.8) is 0 Å². The predicted molar refractivity (Wildman–Crippen MR) is 111 cm³/mol. The van der Waals surface area contributed by atoms with Gasteiger partial charge >= 0.3 is 0 Å². The highest BCUT2D eigenvalue weighted by atomic mass is 16.5. The number of amides is 1. The van der Waals surface area contributed by atoms with Gasteiger partial charge in [-0.25, -0.2) is 0 Å². The number of likely N-dealkylation sites (N-methyl/N-ethyl adjacent to an activating group) is 1. The largest absolute Gasteiger partial charge is 0.496 e. The van der Waals surface area contributed by atoms with Crippen molar-refractivity contribution in [3.05, 3.63) is 66.0 Å². The fraction of sp³-hybridized carbons (Fsp3) is 0.238. The Labute approximate surface area is 169 Å². The van der Waals surface area contributed by atoms with Crippen LogP contribution in [0.1, 0.15) is 15.9 Å². The number of hydrogen-bond acceptors (Lipinski definition) is 7. The molecule has 8 nitrogen and oxygen atoms in total. The molecule has 29 heavy (non-hydrogen) atoms. The second kappa shape index (κ2) is 9.50. The van der Waals surface area contributed by atoms with E-state index in [0.29, 0.717) is 28.7 Å². The van der Waals surface area contributed by atoms with Crippen molar-refractivity contribution in [3.8, 4) is 11.5 Å². The van der Waals surface area contributed by atoms with E-state index in [9.17, 15) is 4.79 Å². The number of ether oxygens (including phenoxy) is 2. The molecule has 1 amide bonds. The van der Waals surface area contributed by atoms with E-state index in [1.54, 1.807) is 36.7 Å². The lowest BCUT2D eigenvalue weighted by Gasteiger charge is -2.17. The highest BCUT2D eigenvalue weighted by molar-refractivity contribution is 6.07. The second-order valence-corrected chi connectivity index (χ2v) is 6.30. The summed E-state index contributed by atoms with van der Waals surface area (Å²) < 4.78 is 10.5. The zero-order valence-corrected chi connectivity index (χ0v) is 16.6. The fourth-order valence-electron chi connectivity index (χ4n) is 2.81. The molecule has 1 N–H and O–H groups in total. The summed E-state index contributed by atoms with van der Waals surface area (Å²) in [5.41, 5.74) is 1.51. The SMILES string of the molecule is COc1cccc(OC)c1C(=O)Nc1ccc(N(C)CCc2ccncc2)nn1. The lowest BCUT2D eigenvalue weighted by Crippen LogP contribution is -2.22. The summed E-state index contributed by atoms with van der Waals surface area (Å²) in [5, 5.41) is 11.1. The fourth-order valence-corrected chi connectivity index (χ4v) is 2.81. The summed E-state index contributed by atoms with van der Waals surface area (Å²) in [4.78, 5) is 18.7. The van der Waals surface area contributed by atoms with Crippen LogP contribution >= 0.6 is 0 Å². The normalized spacial score (nSPS) is 10.3. The van der Waals surface area contributed by atoms with Crippen molar-refractivity contribution in [1.82, 2.24) is 15.2 Å². The Balaban J connectivity index is 1.65. The summed E-state index contributed by atoms with van der Waals surface area (Å²) in [6.07, 6.45) is 4.43. The standard InChI is InChI=1S/C21H23N5O3/c1-26(14-11-15-9-12-22-13-10-15)19-8-7-18(24-25-19)23-21(27)20-16(28-2)5-4-6-17(20)29-3/h4-10,12-13H,11,14H2,1-3H3,(H,23,24,27). The van der Waals surface area contributed by atoms with Crippen LogP contribution in [-0.4, -0.2) is 48.9 Å². The third-order valence-corrected chi connectivity index (χ3v) is 4.42. The molecule has 0 radical (unpaired) electrons. The van der Waals surface area contributed by atoms with Crippen LogP contribution in [0.4, 0.5) is 11.6 Å². The molecular weight excluding hydrogens is 370 g/mol. The zero-order chi connectivity index (χ0) is 20.6. The first-order valence-electron chi connectivity index (χ1n) is 9.08. The topological polar surface area (TPSA) is 89.5 Å². The summed E-state index contributed by atoms with van der Waals surface area (Å²) in [6, 6.07) is 12.7. The monoisotopic (exact) mass is 393 g/mol. The number of nitrogens with zero attached hydrogens (tertiary/aromatic N) is 4. The maximum absolute atomic E-state index is 12.7.